The number of amides is 3. The van der Waals surface area contributed by atoms with Crippen molar-refractivity contribution in [1.82, 2.24) is 10.6 Å². The third kappa shape index (κ3) is 5.94. The molecule has 7 heteroatoms. The van der Waals surface area contributed by atoms with Gasteiger partial charge in [-0.05, 0) is 18.1 Å². The molecule has 0 aromatic heterocycles. The average Bonchev–Trinajstić information content (AvgIpc) is 2.43. The number of para-hydroxylation sites is 1. The Bertz CT molecular complexity index is 529. The Morgan fingerprint density at radius 3 is 2.43 bits per heavy atom. The monoisotopic (exact) mass is 293 g/mol. The number of hydrogen-bond acceptors (Lipinski definition) is 3. The highest BCUT2D eigenvalue weighted by atomic mass is 16.4. The fourth-order valence-corrected chi connectivity index (χ4v) is 1.49. The molecule has 7 nitrogen and oxygen atoms in total. The maximum absolute atomic E-state index is 11.6. The van der Waals surface area contributed by atoms with Crippen molar-refractivity contribution < 1.29 is 19.5 Å². The van der Waals surface area contributed by atoms with Gasteiger partial charge in [0.1, 0.15) is 0 Å². The van der Waals surface area contributed by atoms with E-state index in [1.54, 1.807) is 12.1 Å². The highest BCUT2D eigenvalue weighted by molar-refractivity contribution is 6.00. The van der Waals surface area contributed by atoms with Crippen LogP contribution >= 0.6 is 0 Å². The summed E-state index contributed by atoms with van der Waals surface area (Å²) in [6, 6.07) is 5.39. The maximum Gasteiger partial charge on any atom is 0.337 e. The highest BCUT2D eigenvalue weighted by Crippen LogP contribution is 2.14. The van der Waals surface area contributed by atoms with Gasteiger partial charge in [0, 0.05) is 6.54 Å². The quantitative estimate of drug-likeness (QED) is 0.633. The molecule has 0 heterocycles. The van der Waals surface area contributed by atoms with E-state index in [4.69, 9.17) is 5.11 Å². The van der Waals surface area contributed by atoms with E-state index in [0.29, 0.717) is 12.5 Å². The zero-order valence-corrected chi connectivity index (χ0v) is 12.0. The lowest BCUT2D eigenvalue weighted by atomic mass is 10.2. The summed E-state index contributed by atoms with van der Waals surface area (Å²) in [7, 11) is 0. The molecule has 4 N–H and O–H groups in total. The molecule has 21 heavy (non-hydrogen) atoms. The number of carboxylic acids is 1. The number of rotatable bonds is 6. The number of urea groups is 1. The third-order valence-electron chi connectivity index (χ3n) is 2.52. The van der Waals surface area contributed by atoms with Crippen molar-refractivity contribution in [2.24, 2.45) is 5.92 Å². The summed E-state index contributed by atoms with van der Waals surface area (Å²) in [5.74, 6) is -1.11. The van der Waals surface area contributed by atoms with Crippen LogP contribution in [-0.4, -0.2) is 36.1 Å². The van der Waals surface area contributed by atoms with Gasteiger partial charge in [-0.25, -0.2) is 9.59 Å². The van der Waals surface area contributed by atoms with Gasteiger partial charge >= 0.3 is 12.0 Å². The lowest BCUT2D eigenvalue weighted by Crippen LogP contribution is -2.40. The van der Waals surface area contributed by atoms with E-state index in [9.17, 15) is 14.4 Å². The molecule has 1 rings (SSSR count). The zero-order valence-electron chi connectivity index (χ0n) is 12.0. The van der Waals surface area contributed by atoms with Crippen LogP contribution in [-0.2, 0) is 4.79 Å². The van der Waals surface area contributed by atoms with Crippen LogP contribution in [0, 0.1) is 5.92 Å². The minimum atomic E-state index is -1.14. The number of nitrogens with one attached hydrogen (secondary N) is 3. The minimum Gasteiger partial charge on any atom is -0.478 e. The smallest absolute Gasteiger partial charge is 0.337 e. The second-order valence-electron chi connectivity index (χ2n) is 4.86. The van der Waals surface area contributed by atoms with E-state index in [2.05, 4.69) is 16.0 Å². The van der Waals surface area contributed by atoms with Crippen LogP contribution in [0.2, 0.25) is 0 Å². The van der Waals surface area contributed by atoms with Crippen LogP contribution in [0.4, 0.5) is 10.5 Å². The van der Waals surface area contributed by atoms with Gasteiger partial charge in [-0.15, -0.1) is 0 Å². The van der Waals surface area contributed by atoms with Crippen LogP contribution in [0.3, 0.4) is 0 Å². The van der Waals surface area contributed by atoms with Crippen molar-refractivity contribution >= 4 is 23.6 Å². The lowest BCUT2D eigenvalue weighted by molar-refractivity contribution is -0.120. The van der Waals surface area contributed by atoms with E-state index >= 15 is 0 Å². The van der Waals surface area contributed by atoms with E-state index in [0.717, 1.165) is 0 Å². The first kappa shape index (κ1) is 16.5. The standard InChI is InChI=1S/C14H19N3O4/c1-9(2)7-15-12(18)8-16-14(21)17-11-6-4-3-5-10(11)13(19)20/h3-6,9H,7-8H2,1-2H3,(H,15,18)(H,19,20)(H2,16,17,21). The van der Waals surface area contributed by atoms with Gasteiger partial charge in [-0.2, -0.15) is 0 Å². The molecule has 3 amide bonds. The van der Waals surface area contributed by atoms with Gasteiger partial charge in [0.2, 0.25) is 5.91 Å². The molecule has 0 aliphatic rings. The topological polar surface area (TPSA) is 108 Å². The largest absolute Gasteiger partial charge is 0.478 e. The first-order valence-corrected chi connectivity index (χ1v) is 6.54. The molecule has 0 radical (unpaired) electrons. The predicted molar refractivity (Wildman–Crippen MR) is 78.3 cm³/mol. The second kappa shape index (κ2) is 7.88. The Kier molecular flexibility index (Phi) is 6.19. The first-order chi connectivity index (χ1) is 9.90. The normalized spacial score (nSPS) is 10.0. The Balaban J connectivity index is 2.48. The molecule has 0 aliphatic heterocycles. The summed E-state index contributed by atoms with van der Waals surface area (Å²) in [4.78, 5) is 34.0. The van der Waals surface area contributed by atoms with Crippen LogP contribution in [0.1, 0.15) is 24.2 Å². The summed E-state index contributed by atoms with van der Waals surface area (Å²) in [6.07, 6.45) is 0. The van der Waals surface area contributed by atoms with E-state index in [-0.39, 0.29) is 23.7 Å². The fourth-order valence-electron chi connectivity index (χ4n) is 1.49. The molecule has 0 unspecified atom stereocenters. The van der Waals surface area contributed by atoms with Crippen molar-refractivity contribution in [3.63, 3.8) is 0 Å². The van der Waals surface area contributed by atoms with Gasteiger partial charge in [0.05, 0.1) is 17.8 Å². The molecule has 0 saturated heterocycles. The Labute approximate surface area is 122 Å². The van der Waals surface area contributed by atoms with Gasteiger partial charge in [0.15, 0.2) is 0 Å². The van der Waals surface area contributed by atoms with Crippen LogP contribution in [0.25, 0.3) is 0 Å². The van der Waals surface area contributed by atoms with Crippen LogP contribution < -0.4 is 16.0 Å². The molecule has 1 aromatic rings. The van der Waals surface area contributed by atoms with E-state index in [1.165, 1.54) is 12.1 Å². The van der Waals surface area contributed by atoms with Crippen molar-refractivity contribution in [2.45, 2.75) is 13.8 Å². The van der Waals surface area contributed by atoms with Crippen LogP contribution in [0.5, 0.6) is 0 Å². The van der Waals surface area contributed by atoms with Gasteiger partial charge in [-0.3, -0.25) is 4.79 Å². The molecule has 0 aliphatic carbocycles. The molecule has 0 atom stereocenters. The number of carboxylic acid groups (broad SMARTS) is 1. The number of carbonyl (C=O) groups excluding carboxylic acids is 2. The third-order valence-corrected chi connectivity index (χ3v) is 2.52. The summed E-state index contributed by atoms with van der Waals surface area (Å²) < 4.78 is 0. The van der Waals surface area contributed by atoms with Crippen molar-refractivity contribution in [3.05, 3.63) is 29.8 Å². The zero-order chi connectivity index (χ0) is 15.8. The Hall–Kier alpha value is -2.57. The molecule has 0 bridgehead atoms. The van der Waals surface area contributed by atoms with Crippen molar-refractivity contribution in [1.29, 1.82) is 0 Å². The average molecular weight is 293 g/mol. The van der Waals surface area contributed by atoms with E-state index < -0.39 is 12.0 Å². The molecule has 0 saturated carbocycles. The maximum atomic E-state index is 11.6. The summed E-state index contributed by atoms with van der Waals surface area (Å²) in [5.41, 5.74) is 0.155. The highest BCUT2D eigenvalue weighted by Gasteiger charge is 2.12. The SMILES string of the molecule is CC(C)CNC(=O)CNC(=O)Nc1ccccc1C(=O)O. The molecule has 114 valence electrons. The number of hydrogen-bond donors (Lipinski definition) is 4. The van der Waals surface area contributed by atoms with E-state index in [1.807, 2.05) is 13.8 Å². The number of benzene rings is 1. The molecular weight excluding hydrogens is 274 g/mol. The van der Waals surface area contributed by atoms with Gasteiger partial charge in [0.25, 0.3) is 0 Å². The molecular formula is C14H19N3O4. The Morgan fingerprint density at radius 2 is 1.81 bits per heavy atom. The first-order valence-electron chi connectivity index (χ1n) is 6.54. The number of aromatic carboxylic acids is 1. The van der Waals surface area contributed by atoms with Crippen molar-refractivity contribution in [2.75, 3.05) is 18.4 Å². The van der Waals surface area contributed by atoms with Crippen molar-refractivity contribution in [3.8, 4) is 0 Å². The van der Waals surface area contributed by atoms with Gasteiger partial charge < -0.3 is 21.1 Å². The summed E-state index contributed by atoms with van der Waals surface area (Å²) in [5, 5.41) is 16.4. The van der Waals surface area contributed by atoms with Gasteiger partial charge in [-0.1, -0.05) is 26.0 Å². The summed E-state index contributed by atoms with van der Waals surface area (Å²) >= 11 is 0. The number of carbonyl (C=O) groups is 3. The molecule has 1 aromatic carbocycles. The molecule has 0 spiro atoms. The Morgan fingerprint density at radius 1 is 1.14 bits per heavy atom. The predicted octanol–water partition coefficient (Wildman–Crippen LogP) is 1.28. The number of anilines is 1. The molecule has 0 fully saturated rings. The summed E-state index contributed by atoms with van der Waals surface area (Å²) in [6.45, 7) is 4.28. The lowest BCUT2D eigenvalue weighted by Gasteiger charge is -2.10. The van der Waals surface area contributed by atoms with Crippen LogP contribution in [0.15, 0.2) is 24.3 Å². The minimum absolute atomic E-state index is 0.0168. The second-order valence-corrected chi connectivity index (χ2v) is 4.86. The fraction of sp³-hybridized carbons (Fsp3) is 0.357.